The molecule has 1 saturated heterocycles. The Morgan fingerprint density at radius 1 is 1.33 bits per heavy atom. The summed E-state index contributed by atoms with van der Waals surface area (Å²) in [6, 6.07) is 10.3. The number of hydrogen-bond acceptors (Lipinski definition) is 6. The van der Waals surface area contributed by atoms with Gasteiger partial charge in [-0.15, -0.1) is 0 Å². The van der Waals surface area contributed by atoms with E-state index in [9.17, 15) is 0 Å². The Kier molecular flexibility index (Phi) is 5.24. The van der Waals surface area contributed by atoms with Crippen molar-refractivity contribution in [2.24, 2.45) is 0 Å². The molecule has 0 saturated carbocycles. The number of hydrogen-bond donors (Lipinski definition) is 0. The van der Waals surface area contributed by atoms with Crippen molar-refractivity contribution in [1.82, 2.24) is 14.9 Å². The molecule has 6 heteroatoms. The number of likely N-dealkylation sites (tertiary alicyclic amines) is 1. The van der Waals surface area contributed by atoms with Gasteiger partial charge in [0.15, 0.2) is 5.75 Å². The van der Waals surface area contributed by atoms with E-state index in [0.717, 1.165) is 38.0 Å². The second kappa shape index (κ2) is 7.75. The van der Waals surface area contributed by atoms with E-state index in [0.29, 0.717) is 17.3 Å². The summed E-state index contributed by atoms with van der Waals surface area (Å²) < 4.78 is 10.9. The molecule has 1 aromatic heterocycles. The van der Waals surface area contributed by atoms with Gasteiger partial charge in [-0.05, 0) is 37.1 Å². The minimum absolute atomic E-state index is 0.0753. The van der Waals surface area contributed by atoms with Crippen molar-refractivity contribution in [3.63, 3.8) is 0 Å². The first-order chi connectivity index (χ1) is 11.8. The van der Waals surface area contributed by atoms with E-state index < -0.39 is 0 Å². The molecule has 1 unspecified atom stereocenters. The number of nitriles is 1. The lowest BCUT2D eigenvalue weighted by Crippen LogP contribution is -2.40. The van der Waals surface area contributed by atoms with Gasteiger partial charge in [0.1, 0.15) is 6.10 Å². The summed E-state index contributed by atoms with van der Waals surface area (Å²) in [6.07, 6.45) is 5.35. The van der Waals surface area contributed by atoms with E-state index in [1.165, 1.54) is 0 Å². The minimum atomic E-state index is 0.0753. The molecule has 0 spiro atoms. The Balaban J connectivity index is 1.58. The molecule has 24 heavy (non-hydrogen) atoms. The van der Waals surface area contributed by atoms with Crippen molar-refractivity contribution in [2.45, 2.75) is 25.5 Å². The van der Waals surface area contributed by atoms with Crippen LogP contribution < -0.4 is 9.47 Å². The fourth-order valence-corrected chi connectivity index (χ4v) is 2.87. The number of benzene rings is 1. The molecular formula is C18H20N4O2. The largest absolute Gasteiger partial charge is 0.494 e. The van der Waals surface area contributed by atoms with Crippen LogP contribution in [0.2, 0.25) is 0 Å². The second-order valence-corrected chi connectivity index (χ2v) is 5.83. The lowest BCUT2D eigenvalue weighted by molar-refractivity contribution is 0.0769. The number of rotatable bonds is 5. The molecule has 0 aliphatic carbocycles. The van der Waals surface area contributed by atoms with Crippen LogP contribution >= 0.6 is 0 Å². The second-order valence-electron chi connectivity index (χ2n) is 5.83. The van der Waals surface area contributed by atoms with Gasteiger partial charge in [-0.2, -0.15) is 15.2 Å². The summed E-state index contributed by atoms with van der Waals surface area (Å²) in [7, 11) is 1.58. The maximum absolute atomic E-state index is 9.01. The van der Waals surface area contributed by atoms with Crippen LogP contribution in [-0.4, -0.2) is 41.2 Å². The highest BCUT2D eigenvalue weighted by Crippen LogP contribution is 2.18. The molecule has 3 rings (SSSR count). The molecule has 124 valence electrons. The summed E-state index contributed by atoms with van der Waals surface area (Å²) in [5.41, 5.74) is 1.85. The molecular weight excluding hydrogens is 304 g/mol. The van der Waals surface area contributed by atoms with E-state index in [1.807, 2.05) is 18.2 Å². The molecule has 1 aromatic carbocycles. The summed E-state index contributed by atoms with van der Waals surface area (Å²) >= 11 is 0. The van der Waals surface area contributed by atoms with E-state index in [2.05, 4.69) is 27.0 Å². The van der Waals surface area contributed by atoms with Crippen LogP contribution in [0.3, 0.4) is 0 Å². The Bertz CT molecular complexity index is 712. The minimum Gasteiger partial charge on any atom is -0.494 e. The van der Waals surface area contributed by atoms with Crippen molar-refractivity contribution in [3.05, 3.63) is 47.8 Å². The third-order valence-electron chi connectivity index (χ3n) is 4.04. The van der Waals surface area contributed by atoms with E-state index in [1.54, 1.807) is 19.5 Å². The van der Waals surface area contributed by atoms with Crippen LogP contribution in [0.4, 0.5) is 0 Å². The SMILES string of the molecule is COc1cnc(OC2CCCN(Cc3cccc(C#N)c3)C2)nc1. The smallest absolute Gasteiger partial charge is 0.316 e. The van der Waals surface area contributed by atoms with E-state index >= 15 is 0 Å². The highest BCUT2D eigenvalue weighted by Gasteiger charge is 2.22. The predicted octanol–water partition coefficient (Wildman–Crippen LogP) is 2.40. The Labute approximate surface area is 141 Å². The fourth-order valence-electron chi connectivity index (χ4n) is 2.87. The monoisotopic (exact) mass is 324 g/mol. The number of nitrogens with zero attached hydrogens (tertiary/aromatic N) is 4. The maximum Gasteiger partial charge on any atom is 0.316 e. The summed E-state index contributed by atoms with van der Waals surface area (Å²) in [5.74, 6) is 0.616. The Morgan fingerprint density at radius 2 is 2.17 bits per heavy atom. The zero-order valence-electron chi connectivity index (χ0n) is 13.7. The lowest BCUT2D eigenvalue weighted by Gasteiger charge is -2.32. The maximum atomic E-state index is 9.01. The number of piperidine rings is 1. The fraction of sp³-hybridized carbons (Fsp3) is 0.389. The summed E-state index contributed by atoms with van der Waals surface area (Å²) in [4.78, 5) is 10.7. The van der Waals surface area contributed by atoms with Crippen molar-refractivity contribution in [2.75, 3.05) is 20.2 Å². The molecule has 0 radical (unpaired) electrons. The Morgan fingerprint density at radius 3 is 2.92 bits per heavy atom. The third-order valence-corrected chi connectivity index (χ3v) is 4.04. The van der Waals surface area contributed by atoms with Crippen LogP contribution in [0.15, 0.2) is 36.7 Å². The predicted molar refractivity (Wildman–Crippen MR) is 88.7 cm³/mol. The average Bonchev–Trinajstić information content (AvgIpc) is 2.63. The van der Waals surface area contributed by atoms with Gasteiger partial charge in [0.05, 0.1) is 31.1 Å². The first kappa shape index (κ1) is 16.2. The standard InChI is InChI=1S/C18H20N4O2/c1-23-17-10-20-18(21-11-17)24-16-6-3-7-22(13-16)12-15-5-2-4-14(8-15)9-19/h2,4-5,8,10-11,16H,3,6-7,12-13H2,1H3. The van der Waals surface area contributed by atoms with Crippen LogP contribution in [0.5, 0.6) is 11.8 Å². The molecule has 0 bridgehead atoms. The van der Waals surface area contributed by atoms with Gasteiger partial charge in [-0.1, -0.05) is 12.1 Å². The van der Waals surface area contributed by atoms with Gasteiger partial charge in [-0.3, -0.25) is 4.90 Å². The van der Waals surface area contributed by atoms with Crippen molar-refractivity contribution < 1.29 is 9.47 Å². The van der Waals surface area contributed by atoms with Gasteiger partial charge in [-0.25, -0.2) is 0 Å². The molecule has 2 aromatic rings. The molecule has 1 atom stereocenters. The highest BCUT2D eigenvalue weighted by molar-refractivity contribution is 5.32. The normalized spacial score (nSPS) is 17.9. The highest BCUT2D eigenvalue weighted by atomic mass is 16.5. The number of aromatic nitrogens is 2. The first-order valence-corrected chi connectivity index (χ1v) is 8.01. The summed E-state index contributed by atoms with van der Waals surface area (Å²) in [5, 5.41) is 9.01. The van der Waals surface area contributed by atoms with E-state index in [4.69, 9.17) is 14.7 Å². The molecule has 0 amide bonds. The number of methoxy groups -OCH3 is 1. The van der Waals surface area contributed by atoms with Gasteiger partial charge in [0.25, 0.3) is 0 Å². The number of ether oxygens (including phenoxy) is 2. The van der Waals surface area contributed by atoms with Crippen LogP contribution in [0.25, 0.3) is 0 Å². The zero-order valence-corrected chi connectivity index (χ0v) is 13.7. The van der Waals surface area contributed by atoms with Crippen LogP contribution in [0, 0.1) is 11.3 Å². The molecule has 1 aliphatic heterocycles. The molecule has 0 N–H and O–H groups in total. The lowest BCUT2D eigenvalue weighted by atomic mass is 10.1. The van der Waals surface area contributed by atoms with Crippen molar-refractivity contribution >= 4 is 0 Å². The third kappa shape index (κ3) is 4.21. The van der Waals surface area contributed by atoms with Crippen LogP contribution in [0.1, 0.15) is 24.0 Å². The molecule has 1 fully saturated rings. The van der Waals surface area contributed by atoms with E-state index in [-0.39, 0.29) is 6.10 Å². The van der Waals surface area contributed by atoms with Crippen molar-refractivity contribution in [1.29, 1.82) is 5.26 Å². The Hall–Kier alpha value is -2.65. The van der Waals surface area contributed by atoms with Gasteiger partial charge < -0.3 is 9.47 Å². The van der Waals surface area contributed by atoms with Gasteiger partial charge >= 0.3 is 6.01 Å². The molecule has 2 heterocycles. The zero-order chi connectivity index (χ0) is 16.8. The first-order valence-electron chi connectivity index (χ1n) is 8.01. The average molecular weight is 324 g/mol. The van der Waals surface area contributed by atoms with Crippen molar-refractivity contribution in [3.8, 4) is 17.8 Å². The molecule has 6 nitrogen and oxygen atoms in total. The molecule has 1 aliphatic rings. The quantitative estimate of drug-likeness (QED) is 0.841. The summed E-state index contributed by atoms with van der Waals surface area (Å²) in [6.45, 7) is 2.67. The van der Waals surface area contributed by atoms with Gasteiger partial charge in [0.2, 0.25) is 0 Å². The topological polar surface area (TPSA) is 71.3 Å². The van der Waals surface area contributed by atoms with Gasteiger partial charge in [0, 0.05) is 13.1 Å². The van der Waals surface area contributed by atoms with Crippen LogP contribution in [-0.2, 0) is 6.54 Å².